The molecule has 2 aromatic carbocycles. The van der Waals surface area contributed by atoms with Crippen molar-refractivity contribution in [2.24, 2.45) is 0 Å². The van der Waals surface area contributed by atoms with Gasteiger partial charge in [0.05, 0.1) is 11.0 Å². The average Bonchev–Trinajstić information content (AvgIpc) is 2.41. The summed E-state index contributed by atoms with van der Waals surface area (Å²) < 4.78 is 6.69. The molecule has 0 fully saturated rings. The second-order valence-corrected chi connectivity index (χ2v) is 5.50. The zero-order chi connectivity index (χ0) is 14.7. The Morgan fingerprint density at radius 1 is 1.25 bits per heavy atom. The third kappa shape index (κ3) is 3.49. The van der Waals surface area contributed by atoms with E-state index < -0.39 is 4.92 Å². The van der Waals surface area contributed by atoms with Crippen molar-refractivity contribution in [2.75, 3.05) is 0 Å². The van der Waals surface area contributed by atoms with E-state index in [-0.39, 0.29) is 16.8 Å². The van der Waals surface area contributed by atoms with Crippen LogP contribution < -0.4 is 4.74 Å². The number of benzene rings is 2. The molecule has 104 valence electrons. The van der Waals surface area contributed by atoms with Gasteiger partial charge in [-0.1, -0.05) is 39.7 Å². The molecule has 0 heterocycles. The number of hydrogen-bond donors (Lipinski definition) is 0. The van der Waals surface area contributed by atoms with Crippen molar-refractivity contribution in [1.29, 1.82) is 0 Å². The average molecular weight is 357 g/mol. The fourth-order valence-electron chi connectivity index (χ4n) is 1.71. The number of halogens is 2. The highest BCUT2D eigenvalue weighted by molar-refractivity contribution is 9.10. The Hall–Kier alpha value is -1.59. The molecule has 1 atom stereocenters. The molecule has 0 aliphatic heterocycles. The van der Waals surface area contributed by atoms with Crippen LogP contribution in [0.2, 0.25) is 5.02 Å². The molecule has 0 aliphatic carbocycles. The standard InChI is InChI=1S/C14H11BrClNO3/c1-9(10-2-4-11(15)5-3-10)20-12-6-7-13(16)14(8-12)17(18)19/h2-9H,1H3. The van der Waals surface area contributed by atoms with Crippen molar-refractivity contribution in [3.63, 3.8) is 0 Å². The molecular formula is C14H11BrClNO3. The molecule has 0 spiro atoms. The summed E-state index contributed by atoms with van der Waals surface area (Å²) in [6.07, 6.45) is -0.219. The van der Waals surface area contributed by atoms with Gasteiger partial charge in [-0.25, -0.2) is 0 Å². The van der Waals surface area contributed by atoms with Gasteiger partial charge in [0.2, 0.25) is 0 Å². The summed E-state index contributed by atoms with van der Waals surface area (Å²) in [6.45, 7) is 1.88. The molecule has 20 heavy (non-hydrogen) atoms. The SMILES string of the molecule is CC(Oc1ccc(Cl)c([N+](=O)[O-])c1)c1ccc(Br)cc1. The van der Waals surface area contributed by atoms with E-state index in [1.54, 1.807) is 6.07 Å². The number of rotatable bonds is 4. The van der Waals surface area contributed by atoms with E-state index in [0.29, 0.717) is 5.75 Å². The molecule has 4 nitrogen and oxygen atoms in total. The van der Waals surface area contributed by atoms with E-state index in [9.17, 15) is 10.1 Å². The number of nitrogens with zero attached hydrogens (tertiary/aromatic N) is 1. The van der Waals surface area contributed by atoms with Gasteiger partial charge in [-0.15, -0.1) is 0 Å². The van der Waals surface area contributed by atoms with Crippen LogP contribution in [0.15, 0.2) is 46.9 Å². The quantitative estimate of drug-likeness (QED) is 0.562. The second kappa shape index (κ2) is 6.24. The van der Waals surface area contributed by atoms with Crippen LogP contribution in [-0.4, -0.2) is 4.92 Å². The maximum absolute atomic E-state index is 10.8. The summed E-state index contributed by atoms with van der Waals surface area (Å²) in [7, 11) is 0. The molecule has 0 saturated heterocycles. The van der Waals surface area contributed by atoms with Gasteiger partial charge in [0.1, 0.15) is 16.9 Å². The predicted molar refractivity (Wildman–Crippen MR) is 81.3 cm³/mol. The first-order valence-electron chi connectivity index (χ1n) is 5.83. The summed E-state index contributed by atoms with van der Waals surface area (Å²) in [5, 5.41) is 10.9. The third-order valence-electron chi connectivity index (χ3n) is 2.77. The van der Waals surface area contributed by atoms with Crippen LogP contribution in [0.3, 0.4) is 0 Å². The van der Waals surface area contributed by atoms with Crippen molar-refractivity contribution in [2.45, 2.75) is 13.0 Å². The maximum atomic E-state index is 10.8. The number of ether oxygens (including phenoxy) is 1. The second-order valence-electron chi connectivity index (χ2n) is 4.18. The van der Waals surface area contributed by atoms with Crippen LogP contribution in [0.1, 0.15) is 18.6 Å². The largest absolute Gasteiger partial charge is 0.486 e. The van der Waals surface area contributed by atoms with Gasteiger partial charge in [0, 0.05) is 4.47 Å². The molecule has 0 saturated carbocycles. The fourth-order valence-corrected chi connectivity index (χ4v) is 2.16. The third-order valence-corrected chi connectivity index (χ3v) is 3.61. The molecule has 0 radical (unpaired) electrons. The number of nitro groups is 1. The lowest BCUT2D eigenvalue weighted by atomic mass is 10.1. The van der Waals surface area contributed by atoms with E-state index in [4.69, 9.17) is 16.3 Å². The van der Waals surface area contributed by atoms with Gasteiger partial charge in [0.25, 0.3) is 5.69 Å². The Balaban J connectivity index is 2.19. The van der Waals surface area contributed by atoms with Crippen LogP contribution in [0.25, 0.3) is 0 Å². The van der Waals surface area contributed by atoms with Crippen molar-refractivity contribution in [1.82, 2.24) is 0 Å². The molecule has 0 aromatic heterocycles. The Kier molecular flexibility index (Phi) is 4.62. The van der Waals surface area contributed by atoms with Gasteiger partial charge < -0.3 is 4.74 Å². The first-order chi connectivity index (χ1) is 9.47. The number of hydrogen-bond acceptors (Lipinski definition) is 3. The summed E-state index contributed by atoms with van der Waals surface area (Å²) in [5.74, 6) is 0.413. The van der Waals surface area contributed by atoms with Crippen molar-refractivity contribution >= 4 is 33.2 Å². The summed E-state index contributed by atoms with van der Waals surface area (Å²) in [5.41, 5.74) is 0.818. The molecule has 2 rings (SSSR count). The lowest BCUT2D eigenvalue weighted by molar-refractivity contribution is -0.384. The van der Waals surface area contributed by atoms with E-state index in [1.807, 2.05) is 31.2 Å². The summed E-state index contributed by atoms with van der Waals surface area (Å²) >= 11 is 9.12. The maximum Gasteiger partial charge on any atom is 0.291 e. The lowest BCUT2D eigenvalue weighted by Gasteiger charge is -2.15. The fraction of sp³-hybridized carbons (Fsp3) is 0.143. The molecular weight excluding hydrogens is 346 g/mol. The van der Waals surface area contributed by atoms with E-state index in [1.165, 1.54) is 12.1 Å². The predicted octanol–water partition coefficient (Wildman–Crippen LogP) is 5.15. The van der Waals surface area contributed by atoms with Gasteiger partial charge in [-0.3, -0.25) is 10.1 Å². The first kappa shape index (κ1) is 14.8. The minimum atomic E-state index is -0.528. The molecule has 0 aliphatic rings. The summed E-state index contributed by atoms with van der Waals surface area (Å²) in [6, 6.07) is 12.1. The Bertz CT molecular complexity index is 631. The van der Waals surface area contributed by atoms with Crippen LogP contribution in [0.5, 0.6) is 5.75 Å². The normalized spacial score (nSPS) is 11.9. The van der Waals surface area contributed by atoms with E-state index >= 15 is 0 Å². The van der Waals surface area contributed by atoms with Crippen LogP contribution in [-0.2, 0) is 0 Å². The summed E-state index contributed by atoms with van der Waals surface area (Å²) in [4.78, 5) is 10.3. The monoisotopic (exact) mass is 355 g/mol. The van der Waals surface area contributed by atoms with Gasteiger partial charge in [-0.05, 0) is 36.8 Å². The van der Waals surface area contributed by atoms with Gasteiger partial charge in [-0.2, -0.15) is 0 Å². The van der Waals surface area contributed by atoms with Gasteiger partial charge in [0.15, 0.2) is 0 Å². The highest BCUT2D eigenvalue weighted by Crippen LogP contribution is 2.31. The van der Waals surface area contributed by atoms with E-state index in [2.05, 4.69) is 15.9 Å². The molecule has 0 N–H and O–H groups in total. The smallest absolute Gasteiger partial charge is 0.291 e. The highest BCUT2D eigenvalue weighted by Gasteiger charge is 2.15. The minimum absolute atomic E-state index is 0.0960. The Morgan fingerprint density at radius 2 is 1.90 bits per heavy atom. The van der Waals surface area contributed by atoms with Crippen LogP contribution in [0, 0.1) is 10.1 Å². The zero-order valence-electron chi connectivity index (χ0n) is 10.5. The molecule has 0 bridgehead atoms. The van der Waals surface area contributed by atoms with Crippen LogP contribution >= 0.6 is 27.5 Å². The van der Waals surface area contributed by atoms with Crippen molar-refractivity contribution in [3.8, 4) is 5.75 Å². The topological polar surface area (TPSA) is 52.4 Å². The number of nitro benzene ring substituents is 1. The first-order valence-corrected chi connectivity index (χ1v) is 7.00. The van der Waals surface area contributed by atoms with Crippen molar-refractivity contribution in [3.05, 3.63) is 67.6 Å². The zero-order valence-corrected chi connectivity index (χ0v) is 12.9. The minimum Gasteiger partial charge on any atom is -0.486 e. The Morgan fingerprint density at radius 3 is 2.50 bits per heavy atom. The molecule has 6 heteroatoms. The van der Waals surface area contributed by atoms with Crippen LogP contribution in [0.4, 0.5) is 5.69 Å². The van der Waals surface area contributed by atoms with Gasteiger partial charge >= 0.3 is 0 Å². The van der Waals surface area contributed by atoms with E-state index in [0.717, 1.165) is 10.0 Å². The van der Waals surface area contributed by atoms with Crippen molar-refractivity contribution < 1.29 is 9.66 Å². The lowest BCUT2D eigenvalue weighted by Crippen LogP contribution is -2.03. The molecule has 1 unspecified atom stereocenters. The highest BCUT2D eigenvalue weighted by atomic mass is 79.9. The molecule has 0 amide bonds. The Labute approximate surface area is 129 Å². The molecule has 2 aromatic rings.